The Morgan fingerprint density at radius 2 is 1.87 bits per heavy atom. The number of rotatable bonds is 5. The highest BCUT2D eigenvalue weighted by molar-refractivity contribution is 6.00. The van der Waals surface area contributed by atoms with E-state index in [9.17, 15) is 14.3 Å². The molecule has 4 rings (SSSR count). The Hall–Kier alpha value is -3.64. The normalized spacial score (nSPS) is 12.1. The number of aryl methyl sites for hydroxylation is 1. The largest absolute Gasteiger partial charge is 0.388 e. The number of aliphatic hydroxyl groups excluding tert-OH is 1. The number of hydrogen-bond acceptors (Lipinski definition) is 4. The molecule has 0 fully saturated rings. The van der Waals surface area contributed by atoms with Gasteiger partial charge in [-0.2, -0.15) is 0 Å². The standard InChI is InChI=1S/C24H20FN3O2/c1-14-2-8-18(27-13-14)11-23(29)16-5-9-19-20(15-3-6-17(25)7-4-15)12-22(24(26)30)28-21(19)10-16/h2-10,12-13,23,29H,11H2,1H3,(H2,26,30). The van der Waals surface area contributed by atoms with Crippen LogP contribution in [0.4, 0.5) is 4.39 Å². The van der Waals surface area contributed by atoms with Gasteiger partial charge in [0.2, 0.25) is 0 Å². The fourth-order valence-electron chi connectivity index (χ4n) is 3.38. The summed E-state index contributed by atoms with van der Waals surface area (Å²) in [5.74, 6) is -1.00. The first kappa shape index (κ1) is 19.7. The minimum Gasteiger partial charge on any atom is -0.388 e. The quantitative estimate of drug-likeness (QED) is 0.526. The highest BCUT2D eigenvalue weighted by Gasteiger charge is 2.15. The zero-order valence-electron chi connectivity index (χ0n) is 16.3. The number of fused-ring (bicyclic) bond motifs is 1. The molecule has 0 radical (unpaired) electrons. The van der Waals surface area contributed by atoms with Crippen molar-refractivity contribution < 1.29 is 14.3 Å². The molecule has 0 spiro atoms. The number of amides is 1. The smallest absolute Gasteiger partial charge is 0.267 e. The van der Waals surface area contributed by atoms with Gasteiger partial charge in [0, 0.05) is 23.7 Å². The van der Waals surface area contributed by atoms with Gasteiger partial charge in [0.1, 0.15) is 11.5 Å². The van der Waals surface area contributed by atoms with E-state index in [0.717, 1.165) is 27.8 Å². The van der Waals surface area contributed by atoms with E-state index in [4.69, 9.17) is 5.73 Å². The van der Waals surface area contributed by atoms with Crippen molar-refractivity contribution in [1.29, 1.82) is 0 Å². The predicted molar refractivity (Wildman–Crippen MR) is 113 cm³/mol. The predicted octanol–water partition coefficient (Wildman–Crippen LogP) is 4.12. The van der Waals surface area contributed by atoms with Crippen LogP contribution in [-0.4, -0.2) is 21.0 Å². The monoisotopic (exact) mass is 401 g/mol. The maximum atomic E-state index is 13.3. The van der Waals surface area contributed by atoms with Crippen molar-refractivity contribution in [2.75, 3.05) is 0 Å². The van der Waals surface area contributed by atoms with Crippen LogP contribution >= 0.6 is 0 Å². The number of primary amides is 1. The first-order valence-electron chi connectivity index (χ1n) is 9.51. The lowest BCUT2D eigenvalue weighted by atomic mass is 9.96. The summed E-state index contributed by atoms with van der Waals surface area (Å²) in [6.07, 6.45) is 1.34. The second-order valence-electron chi connectivity index (χ2n) is 7.25. The van der Waals surface area contributed by atoms with Gasteiger partial charge in [-0.15, -0.1) is 0 Å². The van der Waals surface area contributed by atoms with E-state index >= 15 is 0 Å². The Kier molecular flexibility index (Phi) is 5.25. The first-order valence-corrected chi connectivity index (χ1v) is 9.51. The van der Waals surface area contributed by atoms with Crippen LogP contribution in [0, 0.1) is 12.7 Å². The molecule has 0 aliphatic carbocycles. The van der Waals surface area contributed by atoms with Gasteiger partial charge in [-0.3, -0.25) is 9.78 Å². The molecule has 2 heterocycles. The van der Waals surface area contributed by atoms with E-state index < -0.39 is 12.0 Å². The molecule has 2 aromatic heterocycles. The molecular formula is C24H20FN3O2. The average molecular weight is 401 g/mol. The summed E-state index contributed by atoms with van der Waals surface area (Å²) < 4.78 is 13.3. The van der Waals surface area contributed by atoms with Crippen molar-refractivity contribution >= 4 is 16.8 Å². The third-order valence-electron chi connectivity index (χ3n) is 5.00. The number of benzene rings is 2. The van der Waals surface area contributed by atoms with Gasteiger partial charge in [-0.25, -0.2) is 9.37 Å². The number of carbonyl (C=O) groups excluding carboxylic acids is 1. The van der Waals surface area contributed by atoms with E-state index in [-0.39, 0.29) is 11.5 Å². The molecule has 2 aromatic carbocycles. The third-order valence-corrected chi connectivity index (χ3v) is 5.00. The van der Waals surface area contributed by atoms with E-state index in [1.54, 1.807) is 30.5 Å². The maximum Gasteiger partial charge on any atom is 0.267 e. The molecule has 1 unspecified atom stereocenters. The summed E-state index contributed by atoms with van der Waals surface area (Å²) >= 11 is 0. The Labute approximate surface area is 173 Å². The number of halogens is 1. The molecule has 6 heteroatoms. The Bertz CT molecular complexity index is 1220. The summed E-state index contributed by atoms with van der Waals surface area (Å²) in [5.41, 5.74) is 10.0. The fourth-order valence-corrected chi connectivity index (χ4v) is 3.38. The molecule has 1 amide bonds. The molecule has 0 saturated heterocycles. The highest BCUT2D eigenvalue weighted by atomic mass is 19.1. The van der Waals surface area contributed by atoms with Gasteiger partial charge >= 0.3 is 0 Å². The molecule has 5 nitrogen and oxygen atoms in total. The van der Waals surface area contributed by atoms with Crippen molar-refractivity contribution in [2.24, 2.45) is 5.73 Å². The lowest BCUT2D eigenvalue weighted by molar-refractivity contribution is 0.0996. The van der Waals surface area contributed by atoms with Crippen molar-refractivity contribution in [3.05, 3.63) is 95.2 Å². The van der Waals surface area contributed by atoms with Crippen molar-refractivity contribution in [1.82, 2.24) is 9.97 Å². The van der Waals surface area contributed by atoms with Gasteiger partial charge in [0.15, 0.2) is 0 Å². The van der Waals surface area contributed by atoms with Crippen LogP contribution in [0.3, 0.4) is 0 Å². The summed E-state index contributed by atoms with van der Waals surface area (Å²) in [6.45, 7) is 1.96. The average Bonchev–Trinajstić information content (AvgIpc) is 2.74. The molecule has 4 aromatic rings. The summed E-state index contributed by atoms with van der Waals surface area (Å²) in [5, 5.41) is 11.5. The zero-order valence-corrected chi connectivity index (χ0v) is 16.3. The number of carbonyl (C=O) groups is 1. The Morgan fingerprint density at radius 1 is 1.10 bits per heavy atom. The van der Waals surface area contributed by atoms with Crippen LogP contribution in [0.5, 0.6) is 0 Å². The fraction of sp³-hybridized carbons (Fsp3) is 0.125. The molecule has 3 N–H and O–H groups in total. The summed E-state index contributed by atoms with van der Waals surface area (Å²) in [6, 6.07) is 16.8. The lowest BCUT2D eigenvalue weighted by Crippen LogP contribution is -2.13. The molecule has 150 valence electrons. The van der Waals surface area contributed by atoms with Crippen LogP contribution in [0.25, 0.3) is 22.0 Å². The van der Waals surface area contributed by atoms with Crippen LogP contribution in [0.2, 0.25) is 0 Å². The molecular weight excluding hydrogens is 381 g/mol. The topological polar surface area (TPSA) is 89.1 Å². The van der Waals surface area contributed by atoms with Gasteiger partial charge < -0.3 is 10.8 Å². The number of nitrogens with zero attached hydrogens (tertiary/aromatic N) is 2. The van der Waals surface area contributed by atoms with Gasteiger partial charge in [0.05, 0.1) is 11.6 Å². The van der Waals surface area contributed by atoms with E-state index in [2.05, 4.69) is 9.97 Å². The van der Waals surface area contributed by atoms with Gasteiger partial charge in [-0.05, 0) is 59.5 Å². The number of hydrogen-bond donors (Lipinski definition) is 2. The zero-order chi connectivity index (χ0) is 21.3. The third kappa shape index (κ3) is 4.04. The van der Waals surface area contributed by atoms with Crippen molar-refractivity contribution in [3.8, 4) is 11.1 Å². The summed E-state index contributed by atoms with van der Waals surface area (Å²) in [7, 11) is 0. The van der Waals surface area contributed by atoms with Crippen LogP contribution in [0.1, 0.15) is 33.4 Å². The van der Waals surface area contributed by atoms with E-state index in [1.165, 1.54) is 12.1 Å². The second kappa shape index (κ2) is 8.00. The molecule has 1 atom stereocenters. The minimum absolute atomic E-state index is 0.105. The van der Waals surface area contributed by atoms with Crippen LogP contribution in [0.15, 0.2) is 66.9 Å². The molecule has 0 bridgehead atoms. The van der Waals surface area contributed by atoms with Gasteiger partial charge in [0.25, 0.3) is 5.91 Å². The molecule has 0 aliphatic heterocycles. The van der Waals surface area contributed by atoms with Crippen molar-refractivity contribution in [3.63, 3.8) is 0 Å². The number of aromatic nitrogens is 2. The lowest BCUT2D eigenvalue weighted by Gasteiger charge is -2.14. The minimum atomic E-state index is -0.780. The maximum absolute atomic E-state index is 13.3. The highest BCUT2D eigenvalue weighted by Crippen LogP contribution is 2.31. The van der Waals surface area contributed by atoms with E-state index in [1.807, 2.05) is 31.2 Å². The van der Waals surface area contributed by atoms with Crippen LogP contribution < -0.4 is 5.73 Å². The Balaban J connectivity index is 1.76. The Morgan fingerprint density at radius 3 is 2.53 bits per heavy atom. The number of nitrogens with two attached hydrogens (primary N) is 1. The SMILES string of the molecule is Cc1ccc(CC(O)c2ccc3c(-c4ccc(F)cc4)cc(C(N)=O)nc3c2)nc1. The molecule has 0 saturated carbocycles. The summed E-state index contributed by atoms with van der Waals surface area (Å²) in [4.78, 5) is 20.5. The number of pyridine rings is 2. The van der Waals surface area contributed by atoms with Gasteiger partial charge in [-0.1, -0.05) is 30.3 Å². The second-order valence-corrected chi connectivity index (χ2v) is 7.25. The first-order chi connectivity index (χ1) is 14.4. The number of aliphatic hydroxyl groups is 1. The van der Waals surface area contributed by atoms with Crippen LogP contribution in [-0.2, 0) is 6.42 Å². The van der Waals surface area contributed by atoms with E-state index in [0.29, 0.717) is 17.5 Å². The van der Waals surface area contributed by atoms with Crippen molar-refractivity contribution in [2.45, 2.75) is 19.4 Å². The molecule has 30 heavy (non-hydrogen) atoms. The molecule has 0 aliphatic rings.